The van der Waals surface area contributed by atoms with Crippen LogP contribution in [0.5, 0.6) is 5.75 Å². The number of ether oxygens (including phenoxy) is 1. The van der Waals surface area contributed by atoms with Gasteiger partial charge in [-0.1, -0.05) is 0 Å². The predicted molar refractivity (Wildman–Crippen MR) is 78.2 cm³/mol. The van der Waals surface area contributed by atoms with Gasteiger partial charge in [-0.05, 0) is 36.4 Å². The summed E-state index contributed by atoms with van der Waals surface area (Å²) in [5, 5.41) is 13.1. The number of halogens is 1. The molecule has 0 spiro atoms. The van der Waals surface area contributed by atoms with Gasteiger partial charge in [0.1, 0.15) is 11.6 Å². The number of nitrogens with one attached hydrogen (secondary N) is 1. The van der Waals surface area contributed by atoms with Crippen LogP contribution >= 0.6 is 0 Å². The van der Waals surface area contributed by atoms with Crippen LogP contribution in [0.25, 0.3) is 0 Å². The number of carbonyl (C=O) groups excluding carboxylic acids is 1. The molecule has 0 unspecified atom stereocenters. The SMILES string of the molecule is O=C(CCOc1ccc([N+](=O)[O-])cc1)Nc1ccc(F)cc1. The van der Waals surface area contributed by atoms with E-state index in [4.69, 9.17) is 4.74 Å². The number of amides is 1. The second kappa shape index (κ2) is 7.16. The maximum absolute atomic E-state index is 12.7. The van der Waals surface area contributed by atoms with Crippen molar-refractivity contribution in [2.75, 3.05) is 11.9 Å². The lowest BCUT2D eigenvalue weighted by molar-refractivity contribution is -0.384. The van der Waals surface area contributed by atoms with E-state index < -0.39 is 4.92 Å². The first-order valence-corrected chi connectivity index (χ1v) is 6.47. The molecule has 0 aliphatic rings. The summed E-state index contributed by atoms with van der Waals surface area (Å²) in [6.07, 6.45) is 0.106. The van der Waals surface area contributed by atoms with Gasteiger partial charge < -0.3 is 10.1 Å². The minimum absolute atomic E-state index is 0.0265. The quantitative estimate of drug-likeness (QED) is 0.656. The van der Waals surface area contributed by atoms with Gasteiger partial charge >= 0.3 is 0 Å². The summed E-state index contributed by atoms with van der Waals surface area (Å²) in [6, 6.07) is 11.0. The van der Waals surface area contributed by atoms with Crippen LogP contribution in [0.1, 0.15) is 6.42 Å². The Morgan fingerprint density at radius 2 is 1.77 bits per heavy atom. The highest BCUT2D eigenvalue weighted by atomic mass is 19.1. The molecule has 0 fully saturated rings. The molecule has 2 rings (SSSR count). The Bertz CT molecular complexity index is 656. The molecule has 0 bridgehead atoms. The Labute approximate surface area is 125 Å². The number of anilines is 1. The lowest BCUT2D eigenvalue weighted by Gasteiger charge is -2.07. The molecule has 0 heterocycles. The molecule has 0 saturated carbocycles. The molecule has 0 atom stereocenters. The first-order chi connectivity index (χ1) is 10.5. The van der Waals surface area contributed by atoms with Crippen molar-refractivity contribution in [3.63, 3.8) is 0 Å². The standard InChI is InChI=1S/C15H13FN2O4/c16-11-1-3-12(4-2-11)17-15(19)9-10-22-14-7-5-13(6-8-14)18(20)21/h1-8H,9-10H2,(H,17,19). The third kappa shape index (κ3) is 4.55. The number of nitro groups is 1. The van der Waals surface area contributed by atoms with E-state index in [0.29, 0.717) is 11.4 Å². The summed E-state index contributed by atoms with van der Waals surface area (Å²) in [6.45, 7) is 0.130. The second-order valence-corrected chi connectivity index (χ2v) is 4.40. The number of hydrogen-bond donors (Lipinski definition) is 1. The molecular formula is C15H13FN2O4. The molecule has 0 aliphatic carbocycles. The van der Waals surface area contributed by atoms with Crippen molar-refractivity contribution in [2.45, 2.75) is 6.42 Å². The maximum atomic E-state index is 12.7. The average Bonchev–Trinajstić information content (AvgIpc) is 2.50. The molecule has 22 heavy (non-hydrogen) atoms. The number of hydrogen-bond acceptors (Lipinski definition) is 4. The van der Waals surface area contributed by atoms with Crippen molar-refractivity contribution in [3.8, 4) is 5.75 Å². The summed E-state index contributed by atoms with van der Waals surface area (Å²) in [5.74, 6) is -0.201. The summed E-state index contributed by atoms with van der Waals surface area (Å²) >= 11 is 0. The van der Waals surface area contributed by atoms with Crippen LogP contribution in [0.2, 0.25) is 0 Å². The Morgan fingerprint density at radius 1 is 1.14 bits per heavy atom. The van der Waals surface area contributed by atoms with E-state index in [9.17, 15) is 19.3 Å². The third-order valence-corrected chi connectivity index (χ3v) is 2.77. The number of nitro benzene ring substituents is 1. The van der Waals surface area contributed by atoms with Gasteiger partial charge in [-0.25, -0.2) is 4.39 Å². The van der Waals surface area contributed by atoms with Crippen LogP contribution in [0, 0.1) is 15.9 Å². The van der Waals surface area contributed by atoms with Crippen molar-refractivity contribution in [1.29, 1.82) is 0 Å². The fourth-order valence-electron chi connectivity index (χ4n) is 1.68. The van der Waals surface area contributed by atoms with Gasteiger partial charge in [0.2, 0.25) is 5.91 Å². The zero-order valence-electron chi connectivity index (χ0n) is 11.5. The molecule has 114 valence electrons. The zero-order valence-corrected chi connectivity index (χ0v) is 11.5. The lowest BCUT2D eigenvalue weighted by Crippen LogP contribution is -2.15. The van der Waals surface area contributed by atoms with Gasteiger partial charge in [0.25, 0.3) is 5.69 Å². The van der Waals surface area contributed by atoms with Gasteiger partial charge in [0.05, 0.1) is 18.0 Å². The molecule has 2 aromatic rings. The molecule has 6 nitrogen and oxygen atoms in total. The van der Waals surface area contributed by atoms with Crippen LogP contribution in [-0.2, 0) is 4.79 Å². The van der Waals surface area contributed by atoms with Crippen molar-refractivity contribution in [1.82, 2.24) is 0 Å². The molecule has 0 aromatic heterocycles. The first-order valence-electron chi connectivity index (χ1n) is 6.47. The topological polar surface area (TPSA) is 81.5 Å². The number of rotatable bonds is 6. The highest BCUT2D eigenvalue weighted by molar-refractivity contribution is 5.90. The molecule has 1 amide bonds. The van der Waals surface area contributed by atoms with Gasteiger partial charge in [-0.15, -0.1) is 0 Å². The van der Waals surface area contributed by atoms with Gasteiger partial charge in [-0.3, -0.25) is 14.9 Å². The van der Waals surface area contributed by atoms with Crippen LogP contribution in [0.15, 0.2) is 48.5 Å². The summed E-state index contributed by atoms with van der Waals surface area (Å²) in [4.78, 5) is 21.7. The largest absolute Gasteiger partial charge is 0.493 e. The highest BCUT2D eigenvalue weighted by Gasteiger charge is 2.06. The van der Waals surface area contributed by atoms with Crippen LogP contribution in [0.3, 0.4) is 0 Å². The Balaban J connectivity index is 1.77. The van der Waals surface area contributed by atoms with Gasteiger partial charge in [0.15, 0.2) is 0 Å². The van der Waals surface area contributed by atoms with E-state index in [0.717, 1.165) is 0 Å². The van der Waals surface area contributed by atoms with Gasteiger partial charge in [-0.2, -0.15) is 0 Å². The minimum Gasteiger partial charge on any atom is -0.493 e. The van der Waals surface area contributed by atoms with Crippen LogP contribution in [-0.4, -0.2) is 17.4 Å². The van der Waals surface area contributed by atoms with E-state index in [1.165, 1.54) is 48.5 Å². The fourth-order valence-corrected chi connectivity index (χ4v) is 1.68. The van der Waals surface area contributed by atoms with E-state index in [1.54, 1.807) is 0 Å². The van der Waals surface area contributed by atoms with Crippen LogP contribution < -0.4 is 10.1 Å². The molecule has 2 aromatic carbocycles. The monoisotopic (exact) mass is 304 g/mol. The third-order valence-electron chi connectivity index (χ3n) is 2.77. The van der Waals surface area contributed by atoms with E-state index in [2.05, 4.69) is 5.32 Å². The Morgan fingerprint density at radius 3 is 2.36 bits per heavy atom. The van der Waals surface area contributed by atoms with E-state index >= 15 is 0 Å². The zero-order chi connectivity index (χ0) is 15.9. The molecule has 1 N–H and O–H groups in total. The highest BCUT2D eigenvalue weighted by Crippen LogP contribution is 2.17. The van der Waals surface area contributed by atoms with Gasteiger partial charge in [0, 0.05) is 17.8 Å². The molecule has 0 radical (unpaired) electrons. The molecule has 0 saturated heterocycles. The number of carbonyl (C=O) groups is 1. The smallest absolute Gasteiger partial charge is 0.269 e. The fraction of sp³-hybridized carbons (Fsp3) is 0.133. The lowest BCUT2D eigenvalue weighted by atomic mass is 10.3. The van der Waals surface area contributed by atoms with Crippen molar-refractivity contribution in [3.05, 3.63) is 64.5 Å². The average molecular weight is 304 g/mol. The summed E-state index contributed by atoms with van der Waals surface area (Å²) in [5.41, 5.74) is 0.475. The first kappa shape index (κ1) is 15.4. The molecule has 7 heteroatoms. The van der Waals surface area contributed by atoms with E-state index in [-0.39, 0.29) is 30.4 Å². The number of benzene rings is 2. The number of nitrogens with zero attached hydrogens (tertiary/aromatic N) is 1. The Kier molecular flexibility index (Phi) is 5.02. The molecule has 0 aliphatic heterocycles. The minimum atomic E-state index is -0.500. The summed E-state index contributed by atoms with van der Waals surface area (Å²) < 4.78 is 18.0. The van der Waals surface area contributed by atoms with E-state index in [1.807, 2.05) is 0 Å². The second-order valence-electron chi connectivity index (χ2n) is 4.40. The summed E-state index contributed by atoms with van der Waals surface area (Å²) in [7, 11) is 0. The van der Waals surface area contributed by atoms with Crippen molar-refractivity contribution in [2.24, 2.45) is 0 Å². The van der Waals surface area contributed by atoms with Crippen molar-refractivity contribution < 1.29 is 18.8 Å². The number of non-ortho nitro benzene ring substituents is 1. The Hall–Kier alpha value is -2.96. The molecular weight excluding hydrogens is 291 g/mol. The maximum Gasteiger partial charge on any atom is 0.269 e. The normalized spacial score (nSPS) is 10.0. The van der Waals surface area contributed by atoms with Crippen LogP contribution in [0.4, 0.5) is 15.8 Å². The predicted octanol–water partition coefficient (Wildman–Crippen LogP) is 3.14. The van der Waals surface area contributed by atoms with Crippen molar-refractivity contribution >= 4 is 17.3 Å².